The number of allylic oxidation sites excluding steroid dienone is 1. The summed E-state index contributed by atoms with van der Waals surface area (Å²) in [6, 6.07) is 15.9. The third-order valence-electron chi connectivity index (χ3n) is 5.41. The number of hydrogen-bond donors (Lipinski definition) is 0. The van der Waals surface area contributed by atoms with Crippen LogP contribution in [-0.4, -0.2) is 38.1 Å². The number of carbonyl (C=O) groups is 1. The second-order valence-corrected chi connectivity index (χ2v) is 7.42. The summed E-state index contributed by atoms with van der Waals surface area (Å²) in [5, 5.41) is 0. The number of methoxy groups -OCH3 is 2. The van der Waals surface area contributed by atoms with Crippen molar-refractivity contribution in [3.63, 3.8) is 0 Å². The topological polar surface area (TPSA) is 48.0 Å². The first kappa shape index (κ1) is 21.8. The molecule has 1 aliphatic rings. The molecule has 0 radical (unpaired) electrons. The molecule has 1 amide bonds. The van der Waals surface area contributed by atoms with E-state index in [9.17, 15) is 4.79 Å². The van der Waals surface area contributed by atoms with Crippen molar-refractivity contribution < 1.29 is 19.0 Å². The molecule has 1 aliphatic heterocycles. The molecule has 2 aromatic carbocycles. The molecule has 0 bridgehead atoms. The van der Waals surface area contributed by atoms with E-state index in [1.165, 1.54) is 0 Å². The highest BCUT2D eigenvalue weighted by molar-refractivity contribution is 5.78. The smallest absolute Gasteiger partial charge is 0.222 e. The van der Waals surface area contributed by atoms with Crippen molar-refractivity contribution in [2.24, 2.45) is 0 Å². The van der Waals surface area contributed by atoms with E-state index in [0.29, 0.717) is 19.6 Å². The molecule has 5 nitrogen and oxygen atoms in total. The molecule has 1 saturated heterocycles. The molecule has 0 aromatic heterocycles. The number of benzene rings is 2. The molecule has 30 heavy (non-hydrogen) atoms. The monoisotopic (exact) mass is 409 g/mol. The molecule has 0 unspecified atom stereocenters. The van der Waals surface area contributed by atoms with Gasteiger partial charge in [-0.3, -0.25) is 4.79 Å². The van der Waals surface area contributed by atoms with Crippen LogP contribution in [0.5, 0.6) is 11.5 Å². The van der Waals surface area contributed by atoms with E-state index in [1.54, 1.807) is 14.2 Å². The summed E-state index contributed by atoms with van der Waals surface area (Å²) in [5.41, 5.74) is 2.19. The fourth-order valence-electron chi connectivity index (χ4n) is 3.70. The lowest BCUT2D eigenvalue weighted by atomic mass is 9.95. The SMILES string of the molecule is CCC=C(OCc1ccc(OC)cc1)[C@H](CN1CCCC1=O)c1ccc(OC)cc1. The Balaban J connectivity index is 1.82. The first-order valence-electron chi connectivity index (χ1n) is 10.5. The van der Waals surface area contributed by atoms with Crippen molar-refractivity contribution >= 4 is 5.91 Å². The van der Waals surface area contributed by atoms with Gasteiger partial charge < -0.3 is 19.1 Å². The number of carbonyl (C=O) groups excluding carboxylic acids is 1. The van der Waals surface area contributed by atoms with Crippen LogP contribution in [0.15, 0.2) is 60.4 Å². The van der Waals surface area contributed by atoms with Crippen LogP contribution in [0.4, 0.5) is 0 Å². The van der Waals surface area contributed by atoms with E-state index in [1.807, 2.05) is 41.3 Å². The van der Waals surface area contributed by atoms with Crippen LogP contribution in [0, 0.1) is 0 Å². The number of hydrogen-bond acceptors (Lipinski definition) is 4. The molecular weight excluding hydrogens is 378 g/mol. The molecule has 1 heterocycles. The Morgan fingerprint density at radius 3 is 2.20 bits per heavy atom. The van der Waals surface area contributed by atoms with Crippen LogP contribution in [0.25, 0.3) is 0 Å². The number of nitrogens with zero attached hydrogens (tertiary/aromatic N) is 1. The Labute approximate surface area is 179 Å². The zero-order valence-electron chi connectivity index (χ0n) is 18.1. The van der Waals surface area contributed by atoms with Crippen molar-refractivity contribution in [3.05, 3.63) is 71.5 Å². The van der Waals surface area contributed by atoms with Crippen LogP contribution in [0.3, 0.4) is 0 Å². The standard InChI is InChI=1S/C25H31NO4/c1-4-6-24(30-18-19-8-12-21(28-2)13-9-19)23(17-26-16-5-7-25(26)27)20-10-14-22(29-3)15-11-20/h6,8-15,23H,4-5,7,16-18H2,1-3H3/t23-/m1/s1. The van der Waals surface area contributed by atoms with Crippen LogP contribution in [0.1, 0.15) is 43.2 Å². The second kappa shape index (κ2) is 10.7. The maximum absolute atomic E-state index is 12.3. The average molecular weight is 410 g/mol. The van der Waals surface area contributed by atoms with Gasteiger partial charge in [0.05, 0.1) is 20.1 Å². The lowest BCUT2D eigenvalue weighted by Crippen LogP contribution is -2.30. The first-order chi connectivity index (χ1) is 14.6. The fourth-order valence-corrected chi connectivity index (χ4v) is 3.70. The summed E-state index contributed by atoms with van der Waals surface area (Å²) in [6.45, 7) is 4.00. The molecule has 160 valence electrons. The average Bonchev–Trinajstić information content (AvgIpc) is 3.20. The normalized spacial score (nSPS) is 15.2. The summed E-state index contributed by atoms with van der Waals surface area (Å²) in [6.07, 6.45) is 4.54. The Kier molecular flexibility index (Phi) is 7.77. The molecule has 1 atom stereocenters. The predicted molar refractivity (Wildman–Crippen MR) is 118 cm³/mol. The van der Waals surface area contributed by atoms with Crippen molar-refractivity contribution in [2.45, 2.75) is 38.7 Å². The zero-order chi connectivity index (χ0) is 21.3. The van der Waals surface area contributed by atoms with Crippen LogP contribution < -0.4 is 9.47 Å². The number of likely N-dealkylation sites (tertiary alicyclic amines) is 1. The van der Waals surface area contributed by atoms with Crippen molar-refractivity contribution in [1.29, 1.82) is 0 Å². The summed E-state index contributed by atoms with van der Waals surface area (Å²) >= 11 is 0. The third-order valence-corrected chi connectivity index (χ3v) is 5.41. The van der Waals surface area contributed by atoms with Gasteiger partial charge in [0.2, 0.25) is 5.91 Å². The molecule has 2 aromatic rings. The number of rotatable bonds is 10. The van der Waals surface area contributed by atoms with Gasteiger partial charge in [0.1, 0.15) is 23.9 Å². The summed E-state index contributed by atoms with van der Waals surface area (Å²) in [7, 11) is 3.32. The molecule has 0 saturated carbocycles. The minimum Gasteiger partial charge on any atom is -0.497 e. The fraction of sp³-hybridized carbons (Fsp3) is 0.400. The summed E-state index contributed by atoms with van der Waals surface area (Å²) < 4.78 is 16.9. The summed E-state index contributed by atoms with van der Waals surface area (Å²) in [5.74, 6) is 2.75. The Hall–Kier alpha value is -2.95. The van der Waals surface area contributed by atoms with E-state index in [0.717, 1.165) is 47.8 Å². The van der Waals surface area contributed by atoms with Gasteiger partial charge >= 0.3 is 0 Å². The second-order valence-electron chi connectivity index (χ2n) is 7.42. The molecule has 0 spiro atoms. The molecule has 1 fully saturated rings. The van der Waals surface area contributed by atoms with Crippen molar-refractivity contribution in [3.8, 4) is 11.5 Å². The van der Waals surface area contributed by atoms with Gasteiger partial charge in [-0.2, -0.15) is 0 Å². The molecule has 5 heteroatoms. The van der Waals surface area contributed by atoms with E-state index in [2.05, 4.69) is 25.1 Å². The van der Waals surface area contributed by atoms with Crippen LogP contribution in [-0.2, 0) is 16.1 Å². The van der Waals surface area contributed by atoms with Crippen LogP contribution in [0.2, 0.25) is 0 Å². The maximum atomic E-state index is 12.3. The van der Waals surface area contributed by atoms with Crippen molar-refractivity contribution in [2.75, 3.05) is 27.3 Å². The van der Waals surface area contributed by atoms with Gasteiger partial charge in [-0.05, 0) is 54.3 Å². The minimum absolute atomic E-state index is 0.0174. The van der Waals surface area contributed by atoms with Crippen LogP contribution >= 0.6 is 0 Å². The Morgan fingerprint density at radius 2 is 1.67 bits per heavy atom. The number of amides is 1. The van der Waals surface area contributed by atoms with Crippen molar-refractivity contribution in [1.82, 2.24) is 4.90 Å². The zero-order valence-corrected chi connectivity index (χ0v) is 18.1. The highest BCUT2D eigenvalue weighted by Crippen LogP contribution is 2.31. The van der Waals surface area contributed by atoms with Gasteiger partial charge in [0, 0.05) is 19.5 Å². The lowest BCUT2D eigenvalue weighted by Gasteiger charge is -2.27. The van der Waals surface area contributed by atoms with Gasteiger partial charge in [-0.25, -0.2) is 0 Å². The van der Waals surface area contributed by atoms with E-state index in [4.69, 9.17) is 14.2 Å². The van der Waals surface area contributed by atoms with E-state index >= 15 is 0 Å². The largest absolute Gasteiger partial charge is 0.497 e. The lowest BCUT2D eigenvalue weighted by molar-refractivity contribution is -0.127. The molecule has 0 N–H and O–H groups in total. The summed E-state index contributed by atoms with van der Waals surface area (Å²) in [4.78, 5) is 14.2. The van der Waals surface area contributed by atoms with Gasteiger partial charge in [0.15, 0.2) is 0 Å². The third kappa shape index (κ3) is 5.56. The number of ether oxygens (including phenoxy) is 3. The van der Waals surface area contributed by atoms with Gasteiger partial charge in [0.25, 0.3) is 0 Å². The van der Waals surface area contributed by atoms with E-state index < -0.39 is 0 Å². The molecule has 3 rings (SSSR count). The Bertz CT molecular complexity index is 842. The molecule has 0 aliphatic carbocycles. The molecular formula is C25H31NO4. The first-order valence-corrected chi connectivity index (χ1v) is 10.5. The Morgan fingerprint density at radius 1 is 1.03 bits per heavy atom. The quantitative estimate of drug-likeness (QED) is 0.523. The minimum atomic E-state index is -0.0174. The predicted octanol–water partition coefficient (Wildman–Crippen LogP) is 4.92. The highest BCUT2D eigenvalue weighted by atomic mass is 16.5. The highest BCUT2D eigenvalue weighted by Gasteiger charge is 2.27. The van der Waals surface area contributed by atoms with E-state index in [-0.39, 0.29) is 11.8 Å². The maximum Gasteiger partial charge on any atom is 0.222 e. The van der Waals surface area contributed by atoms with Gasteiger partial charge in [-0.1, -0.05) is 31.2 Å². The van der Waals surface area contributed by atoms with Gasteiger partial charge in [-0.15, -0.1) is 0 Å².